The Morgan fingerprint density at radius 3 is 2.36 bits per heavy atom. The van der Waals surface area contributed by atoms with Crippen LogP contribution in [0.15, 0.2) is 47.4 Å². The summed E-state index contributed by atoms with van der Waals surface area (Å²) in [4.78, 5) is 32.6. The van der Waals surface area contributed by atoms with Crippen LogP contribution < -0.4 is 4.74 Å². The number of carbonyl (C=O) groups is 2. The molecule has 1 aromatic heterocycles. The van der Waals surface area contributed by atoms with E-state index in [1.54, 1.807) is 11.8 Å². The Labute approximate surface area is 277 Å². The quantitative estimate of drug-likeness (QED) is 0.173. The molecule has 1 saturated heterocycles. The third kappa shape index (κ3) is 9.35. The number of hydrogen-bond donors (Lipinski definition) is 1. The summed E-state index contributed by atoms with van der Waals surface area (Å²) in [7, 11) is 0. The molecule has 2 heterocycles. The number of benzene rings is 2. The molecular formula is C36H49ClN2O5S. The zero-order chi connectivity index (χ0) is 33.2. The van der Waals surface area contributed by atoms with E-state index < -0.39 is 11.0 Å². The Kier molecular flexibility index (Phi) is 10.8. The fraction of sp³-hybridized carbons (Fsp3) is 0.556. The van der Waals surface area contributed by atoms with Gasteiger partial charge < -0.3 is 24.1 Å². The normalized spacial score (nSPS) is 16.6. The molecule has 1 fully saturated rings. The van der Waals surface area contributed by atoms with E-state index in [0.29, 0.717) is 31.0 Å². The van der Waals surface area contributed by atoms with Crippen LogP contribution in [-0.4, -0.2) is 57.6 Å². The van der Waals surface area contributed by atoms with Crippen LogP contribution in [0.4, 0.5) is 4.79 Å². The predicted molar refractivity (Wildman–Crippen MR) is 184 cm³/mol. The van der Waals surface area contributed by atoms with Gasteiger partial charge in [0, 0.05) is 50.6 Å². The summed E-state index contributed by atoms with van der Waals surface area (Å²) < 4.78 is 17.9. The van der Waals surface area contributed by atoms with Gasteiger partial charge in [0.2, 0.25) is 0 Å². The minimum absolute atomic E-state index is 0.0658. The number of likely N-dealkylation sites (tertiary alicyclic amines) is 1. The summed E-state index contributed by atoms with van der Waals surface area (Å²) in [6.45, 7) is 18.9. The number of thioether (sulfide) groups is 1. The second-order valence-corrected chi connectivity index (χ2v) is 16.8. The van der Waals surface area contributed by atoms with Crippen LogP contribution >= 0.6 is 23.4 Å². The monoisotopic (exact) mass is 656 g/mol. The molecule has 1 N–H and O–H groups in total. The first kappa shape index (κ1) is 35.0. The first-order chi connectivity index (χ1) is 21.0. The standard InChI is InChI=1S/C36H49ClN2O5S/c1-10-42-32(40)36(8,9)22-28-31(45-35(5,6)7)26-21-25(17-18-27(26)38-28)43-30(20-23-13-15-24(37)16-14-23)29-12-11-19-39(29)33(41)44-34(2,3)4/h13-18,21,29-30,38H,10-12,19-20,22H2,1-9H3. The van der Waals surface area contributed by atoms with Crippen molar-refractivity contribution in [3.05, 3.63) is 58.7 Å². The number of aromatic nitrogens is 1. The highest BCUT2D eigenvalue weighted by atomic mass is 35.5. The molecule has 0 aliphatic carbocycles. The Hall–Kier alpha value is -2.84. The summed E-state index contributed by atoms with van der Waals surface area (Å²) in [6.07, 6.45) is 2.21. The number of hydrogen-bond acceptors (Lipinski definition) is 6. The number of H-pyrrole nitrogens is 1. The van der Waals surface area contributed by atoms with Crippen molar-refractivity contribution in [1.29, 1.82) is 0 Å². The molecular weight excluding hydrogens is 608 g/mol. The third-order valence-corrected chi connectivity index (χ3v) is 9.18. The van der Waals surface area contributed by atoms with Crippen molar-refractivity contribution < 1.29 is 23.8 Å². The highest BCUT2D eigenvalue weighted by Crippen LogP contribution is 2.43. The van der Waals surface area contributed by atoms with E-state index in [9.17, 15) is 9.59 Å². The fourth-order valence-electron chi connectivity index (χ4n) is 5.67. The van der Waals surface area contributed by atoms with Crippen molar-refractivity contribution in [1.82, 2.24) is 9.88 Å². The molecule has 4 rings (SSSR count). The molecule has 0 spiro atoms. The maximum Gasteiger partial charge on any atom is 0.410 e. The molecule has 2 aromatic carbocycles. The van der Waals surface area contributed by atoms with Crippen molar-refractivity contribution in [3.63, 3.8) is 0 Å². The zero-order valence-electron chi connectivity index (χ0n) is 28.2. The molecule has 2 unspecified atom stereocenters. The van der Waals surface area contributed by atoms with Gasteiger partial charge in [0.05, 0.1) is 18.1 Å². The number of nitrogens with zero attached hydrogens (tertiary/aromatic N) is 1. The highest BCUT2D eigenvalue weighted by molar-refractivity contribution is 8.00. The molecule has 9 heteroatoms. The molecule has 0 saturated carbocycles. The lowest BCUT2D eigenvalue weighted by Crippen LogP contribution is -2.47. The first-order valence-corrected chi connectivity index (χ1v) is 17.1. The summed E-state index contributed by atoms with van der Waals surface area (Å²) in [5, 5.41) is 1.72. The van der Waals surface area contributed by atoms with Crippen molar-refractivity contribution in [2.75, 3.05) is 13.2 Å². The molecule has 1 amide bonds. The summed E-state index contributed by atoms with van der Waals surface area (Å²) >= 11 is 7.97. The number of carbonyl (C=O) groups excluding carboxylic acids is 2. The van der Waals surface area contributed by atoms with Gasteiger partial charge in [-0.2, -0.15) is 0 Å². The topological polar surface area (TPSA) is 80.9 Å². The van der Waals surface area contributed by atoms with Crippen LogP contribution in [0.3, 0.4) is 0 Å². The van der Waals surface area contributed by atoms with Crippen molar-refractivity contribution in [3.8, 4) is 5.75 Å². The van der Waals surface area contributed by atoms with Gasteiger partial charge in [0.15, 0.2) is 0 Å². The number of nitrogens with one attached hydrogen (secondary N) is 1. The molecule has 7 nitrogen and oxygen atoms in total. The van der Waals surface area contributed by atoms with Crippen LogP contribution in [0.1, 0.15) is 86.4 Å². The van der Waals surface area contributed by atoms with Crippen molar-refractivity contribution in [2.24, 2.45) is 5.41 Å². The lowest BCUT2D eigenvalue weighted by Gasteiger charge is -2.33. The van der Waals surface area contributed by atoms with Crippen LogP contribution in [0.25, 0.3) is 10.9 Å². The van der Waals surface area contributed by atoms with Crippen LogP contribution in [-0.2, 0) is 27.1 Å². The smallest absolute Gasteiger partial charge is 0.410 e. The van der Waals surface area contributed by atoms with E-state index in [-0.39, 0.29) is 29.0 Å². The number of esters is 1. The van der Waals surface area contributed by atoms with E-state index in [0.717, 1.165) is 45.6 Å². The minimum atomic E-state index is -0.694. The molecule has 0 bridgehead atoms. The number of amides is 1. The summed E-state index contributed by atoms with van der Waals surface area (Å²) in [5.41, 5.74) is 1.78. The summed E-state index contributed by atoms with van der Waals surface area (Å²) in [5.74, 6) is 0.513. The Balaban J connectivity index is 1.71. The second-order valence-electron chi connectivity index (χ2n) is 14.5. The first-order valence-electron chi connectivity index (χ1n) is 15.9. The Morgan fingerprint density at radius 2 is 1.73 bits per heavy atom. The highest BCUT2D eigenvalue weighted by Gasteiger charge is 2.39. The number of ether oxygens (including phenoxy) is 3. The second kappa shape index (κ2) is 13.9. The van der Waals surface area contributed by atoms with E-state index in [1.165, 1.54) is 0 Å². The largest absolute Gasteiger partial charge is 0.488 e. The maximum absolute atomic E-state index is 13.3. The van der Waals surface area contributed by atoms with Gasteiger partial charge in [-0.1, -0.05) is 44.5 Å². The molecule has 1 aliphatic rings. The minimum Gasteiger partial charge on any atom is -0.488 e. The molecule has 45 heavy (non-hydrogen) atoms. The van der Waals surface area contributed by atoms with Gasteiger partial charge in [-0.15, -0.1) is 11.8 Å². The molecule has 246 valence electrons. The third-order valence-electron chi connectivity index (χ3n) is 7.64. The predicted octanol–water partition coefficient (Wildman–Crippen LogP) is 9.23. The van der Waals surface area contributed by atoms with Crippen LogP contribution in [0, 0.1) is 5.41 Å². The zero-order valence-corrected chi connectivity index (χ0v) is 29.8. The molecule has 2 atom stereocenters. The van der Waals surface area contributed by atoms with Gasteiger partial charge in [-0.3, -0.25) is 4.79 Å². The lowest BCUT2D eigenvalue weighted by atomic mass is 9.88. The van der Waals surface area contributed by atoms with Gasteiger partial charge >= 0.3 is 12.1 Å². The SMILES string of the molecule is CCOC(=O)C(C)(C)Cc1[nH]c2ccc(OC(Cc3ccc(Cl)cc3)C3CCCN3C(=O)OC(C)(C)C)cc2c1SC(C)(C)C. The van der Waals surface area contributed by atoms with Crippen molar-refractivity contribution >= 4 is 46.3 Å². The average molecular weight is 657 g/mol. The Bertz CT molecular complexity index is 1490. The summed E-state index contributed by atoms with van der Waals surface area (Å²) in [6, 6.07) is 13.7. The van der Waals surface area contributed by atoms with Gasteiger partial charge in [-0.05, 0) is 90.3 Å². The number of fused-ring (bicyclic) bond motifs is 1. The Morgan fingerprint density at radius 1 is 1.04 bits per heavy atom. The van der Waals surface area contributed by atoms with E-state index in [4.69, 9.17) is 25.8 Å². The molecule has 1 aliphatic heterocycles. The van der Waals surface area contributed by atoms with Gasteiger partial charge in [-0.25, -0.2) is 4.79 Å². The number of halogens is 1. The maximum atomic E-state index is 13.3. The van der Waals surface area contributed by atoms with Crippen LogP contribution in [0.2, 0.25) is 5.02 Å². The number of aromatic amines is 1. The van der Waals surface area contributed by atoms with E-state index in [1.807, 2.05) is 82.8 Å². The number of rotatable bonds is 10. The van der Waals surface area contributed by atoms with Crippen LogP contribution in [0.5, 0.6) is 5.75 Å². The average Bonchev–Trinajstić information content (AvgIpc) is 3.53. The van der Waals surface area contributed by atoms with Gasteiger partial charge in [0.25, 0.3) is 0 Å². The van der Waals surface area contributed by atoms with E-state index >= 15 is 0 Å². The lowest BCUT2D eigenvalue weighted by molar-refractivity contribution is -0.153. The van der Waals surface area contributed by atoms with E-state index in [2.05, 4.69) is 31.8 Å². The van der Waals surface area contributed by atoms with Gasteiger partial charge in [0.1, 0.15) is 17.5 Å². The molecule has 0 radical (unpaired) electrons. The molecule has 3 aromatic rings. The fourth-order valence-corrected chi connectivity index (χ4v) is 6.94. The van der Waals surface area contributed by atoms with Crippen molar-refractivity contribution in [2.45, 2.75) is 115 Å².